The summed E-state index contributed by atoms with van der Waals surface area (Å²) in [5, 5.41) is 3.33. The van der Waals surface area contributed by atoms with Crippen LogP contribution in [-0.2, 0) is 21.3 Å². The molecular weight excluding hydrogens is 428 g/mol. The molecule has 3 aromatic rings. The van der Waals surface area contributed by atoms with E-state index in [4.69, 9.17) is 16.3 Å². The number of hydrogen-bond donors (Lipinski definition) is 1. The van der Waals surface area contributed by atoms with Gasteiger partial charge in [-0.1, -0.05) is 23.7 Å². The summed E-state index contributed by atoms with van der Waals surface area (Å²) < 4.78 is 34.5. The number of rotatable bonds is 5. The summed E-state index contributed by atoms with van der Waals surface area (Å²) >= 11 is 5.89. The zero-order valence-electron chi connectivity index (χ0n) is 16.1. The number of sulfonamides is 1. The van der Waals surface area contributed by atoms with Gasteiger partial charge >= 0.3 is 0 Å². The second-order valence-electron chi connectivity index (χ2n) is 6.67. The number of imidazole rings is 1. The molecule has 0 fully saturated rings. The van der Waals surface area contributed by atoms with Crippen LogP contribution in [0.15, 0.2) is 59.8 Å². The van der Waals surface area contributed by atoms with E-state index in [1.807, 2.05) is 0 Å². The fraction of sp³-hybridized carbons (Fsp3) is 0.200. The van der Waals surface area contributed by atoms with Crippen molar-refractivity contribution >= 4 is 33.2 Å². The Morgan fingerprint density at radius 1 is 1.20 bits per heavy atom. The quantitative estimate of drug-likeness (QED) is 0.650. The van der Waals surface area contributed by atoms with Gasteiger partial charge in [-0.2, -0.15) is 4.31 Å². The monoisotopic (exact) mass is 446 g/mol. The largest absolute Gasteiger partial charge is 0.383 e. The van der Waals surface area contributed by atoms with Crippen molar-refractivity contribution in [2.75, 3.05) is 25.6 Å². The number of carbonyl (C=O) groups is 1. The molecule has 1 aromatic heterocycles. The minimum absolute atomic E-state index is 0.0102. The Morgan fingerprint density at radius 2 is 1.93 bits per heavy atom. The first-order chi connectivity index (χ1) is 14.4. The molecule has 10 heteroatoms. The van der Waals surface area contributed by atoms with Crippen molar-refractivity contribution < 1.29 is 17.9 Å². The van der Waals surface area contributed by atoms with E-state index in [-0.39, 0.29) is 30.3 Å². The first-order valence-corrected chi connectivity index (χ1v) is 11.0. The number of halogens is 1. The Bertz CT molecular complexity index is 1190. The summed E-state index contributed by atoms with van der Waals surface area (Å²) in [5.41, 5.74) is 1.64. The zero-order valence-corrected chi connectivity index (χ0v) is 17.7. The molecule has 0 saturated carbocycles. The van der Waals surface area contributed by atoms with Crippen LogP contribution < -0.4 is 5.32 Å². The molecule has 0 unspecified atom stereocenters. The molecule has 2 heterocycles. The van der Waals surface area contributed by atoms with E-state index in [1.54, 1.807) is 53.1 Å². The third-order valence-electron chi connectivity index (χ3n) is 4.80. The molecule has 0 saturated heterocycles. The highest BCUT2D eigenvalue weighted by Gasteiger charge is 2.34. The second-order valence-corrected chi connectivity index (χ2v) is 9.01. The molecule has 1 aliphatic rings. The molecule has 1 amide bonds. The molecular formula is C20H19ClN4O4S. The lowest BCUT2D eigenvalue weighted by molar-refractivity contribution is 0.102. The van der Waals surface area contributed by atoms with Gasteiger partial charge in [-0.05, 0) is 36.4 Å². The van der Waals surface area contributed by atoms with Crippen LogP contribution in [0, 0.1) is 0 Å². The van der Waals surface area contributed by atoms with Gasteiger partial charge in [-0.15, -0.1) is 0 Å². The molecule has 0 bridgehead atoms. The van der Waals surface area contributed by atoms with Crippen molar-refractivity contribution in [1.82, 2.24) is 13.9 Å². The zero-order chi connectivity index (χ0) is 21.3. The van der Waals surface area contributed by atoms with E-state index in [1.165, 1.54) is 17.7 Å². The van der Waals surface area contributed by atoms with Gasteiger partial charge in [0.15, 0.2) is 5.69 Å². The minimum Gasteiger partial charge on any atom is -0.383 e. The van der Waals surface area contributed by atoms with Gasteiger partial charge in [0, 0.05) is 24.4 Å². The van der Waals surface area contributed by atoms with Crippen LogP contribution in [0.25, 0.3) is 5.69 Å². The maximum Gasteiger partial charge on any atom is 0.276 e. The van der Waals surface area contributed by atoms with Crippen LogP contribution in [0.4, 0.5) is 5.69 Å². The lowest BCUT2D eigenvalue weighted by Gasteiger charge is -2.20. The average molecular weight is 447 g/mol. The fourth-order valence-electron chi connectivity index (χ4n) is 3.30. The van der Waals surface area contributed by atoms with Crippen molar-refractivity contribution in [2.45, 2.75) is 11.4 Å². The number of benzene rings is 2. The van der Waals surface area contributed by atoms with Crippen LogP contribution in [0.3, 0.4) is 0 Å². The highest BCUT2D eigenvalue weighted by molar-refractivity contribution is 7.89. The van der Waals surface area contributed by atoms with Crippen LogP contribution in [0.1, 0.15) is 16.2 Å². The minimum atomic E-state index is -3.78. The first kappa shape index (κ1) is 20.5. The van der Waals surface area contributed by atoms with Gasteiger partial charge in [-0.3, -0.25) is 9.36 Å². The van der Waals surface area contributed by atoms with Crippen molar-refractivity contribution in [1.29, 1.82) is 0 Å². The number of carbonyl (C=O) groups excluding carboxylic acids is 1. The number of nitrogens with zero attached hydrogens (tertiary/aromatic N) is 3. The Hall–Kier alpha value is -2.72. The second kappa shape index (κ2) is 8.19. The van der Waals surface area contributed by atoms with Crippen LogP contribution in [0.5, 0.6) is 0 Å². The molecule has 1 N–H and O–H groups in total. The molecule has 0 atom stereocenters. The van der Waals surface area contributed by atoms with E-state index in [9.17, 15) is 13.2 Å². The first-order valence-electron chi connectivity index (χ1n) is 9.13. The van der Waals surface area contributed by atoms with Crippen LogP contribution in [0.2, 0.25) is 5.02 Å². The summed E-state index contributed by atoms with van der Waals surface area (Å²) in [5.74, 6) is -0.436. The predicted molar refractivity (Wildman–Crippen MR) is 112 cm³/mol. The van der Waals surface area contributed by atoms with Crippen LogP contribution in [-0.4, -0.2) is 48.4 Å². The predicted octanol–water partition coefficient (Wildman–Crippen LogP) is 2.93. The lowest BCUT2D eigenvalue weighted by atomic mass is 10.2. The van der Waals surface area contributed by atoms with Gasteiger partial charge < -0.3 is 10.1 Å². The third kappa shape index (κ3) is 3.72. The third-order valence-corrected chi connectivity index (χ3v) is 6.94. The normalized spacial score (nSPS) is 15.1. The van der Waals surface area contributed by atoms with Gasteiger partial charge in [0.1, 0.15) is 11.2 Å². The maximum absolute atomic E-state index is 13.2. The number of anilines is 1. The number of hydrogen-bond acceptors (Lipinski definition) is 5. The molecule has 1 aliphatic heterocycles. The van der Waals surface area contributed by atoms with Gasteiger partial charge in [0.2, 0.25) is 10.0 Å². The molecule has 156 valence electrons. The van der Waals surface area contributed by atoms with E-state index in [2.05, 4.69) is 10.3 Å². The van der Waals surface area contributed by atoms with E-state index >= 15 is 0 Å². The summed E-state index contributed by atoms with van der Waals surface area (Å²) in [6.07, 6.45) is 1.47. The summed E-state index contributed by atoms with van der Waals surface area (Å²) in [6, 6.07) is 13.3. The highest BCUT2D eigenvalue weighted by atomic mass is 35.5. The Kier molecular flexibility index (Phi) is 5.61. The number of fused-ring (bicyclic) bond motifs is 3. The van der Waals surface area contributed by atoms with Crippen LogP contribution >= 0.6 is 11.6 Å². The molecule has 30 heavy (non-hydrogen) atoms. The Morgan fingerprint density at radius 3 is 2.67 bits per heavy atom. The summed E-state index contributed by atoms with van der Waals surface area (Å²) in [7, 11) is -2.27. The molecule has 0 radical (unpaired) electrons. The molecule has 8 nitrogen and oxygen atoms in total. The standard InChI is InChI=1S/C20H19ClN4O4S/c1-29-11-10-24-12-17-19(20(26)23-15-8-6-14(21)7-9-15)22-13-25(17)16-4-2-3-5-18(16)30(24,27)28/h2-9,13H,10-12H2,1H3,(H,23,26). The average Bonchev–Trinajstić information content (AvgIpc) is 3.12. The van der Waals surface area contributed by atoms with E-state index in [0.717, 1.165) is 0 Å². The van der Waals surface area contributed by atoms with Gasteiger partial charge in [-0.25, -0.2) is 13.4 Å². The highest BCUT2D eigenvalue weighted by Crippen LogP contribution is 2.31. The molecule has 4 rings (SSSR count). The van der Waals surface area contributed by atoms with Gasteiger partial charge in [0.05, 0.1) is 24.5 Å². The lowest BCUT2D eigenvalue weighted by Crippen LogP contribution is -2.33. The fourth-order valence-corrected chi connectivity index (χ4v) is 5.00. The SMILES string of the molecule is COCCN1Cc2c(C(=O)Nc3ccc(Cl)cc3)ncn2-c2ccccc2S1(=O)=O. The van der Waals surface area contributed by atoms with Crippen molar-refractivity contribution in [2.24, 2.45) is 0 Å². The van der Waals surface area contributed by atoms with Gasteiger partial charge in [0.25, 0.3) is 5.91 Å². The van der Waals surface area contributed by atoms with Crippen molar-refractivity contribution in [3.63, 3.8) is 0 Å². The maximum atomic E-state index is 13.2. The van der Waals surface area contributed by atoms with Crippen molar-refractivity contribution in [3.05, 3.63) is 71.3 Å². The number of ether oxygens (including phenoxy) is 1. The number of aromatic nitrogens is 2. The number of para-hydroxylation sites is 1. The number of methoxy groups -OCH3 is 1. The summed E-state index contributed by atoms with van der Waals surface area (Å²) in [6.45, 7) is 0.363. The molecule has 0 aliphatic carbocycles. The smallest absolute Gasteiger partial charge is 0.276 e. The summed E-state index contributed by atoms with van der Waals surface area (Å²) in [4.78, 5) is 17.4. The van der Waals surface area contributed by atoms with Crippen molar-refractivity contribution in [3.8, 4) is 5.69 Å². The van der Waals surface area contributed by atoms with E-state index in [0.29, 0.717) is 22.1 Å². The topological polar surface area (TPSA) is 93.5 Å². The van der Waals surface area contributed by atoms with E-state index < -0.39 is 15.9 Å². The number of nitrogens with one attached hydrogen (secondary N) is 1. The Labute approximate surface area is 179 Å². The molecule has 0 spiro atoms. The Balaban J connectivity index is 1.77. The molecule has 2 aromatic carbocycles. The number of amides is 1.